The maximum atomic E-state index is 11.9. The van der Waals surface area contributed by atoms with E-state index in [-0.39, 0.29) is 24.0 Å². The molecule has 0 spiro atoms. The zero-order valence-electron chi connectivity index (χ0n) is 13.0. The summed E-state index contributed by atoms with van der Waals surface area (Å²) in [4.78, 5) is 13.9. The first-order valence-electron chi connectivity index (χ1n) is 6.88. The molecule has 0 aromatic carbocycles. The van der Waals surface area contributed by atoms with E-state index in [1.807, 2.05) is 18.0 Å². The number of aliphatic hydroxyl groups is 1. The van der Waals surface area contributed by atoms with Crippen LogP contribution in [0, 0.1) is 16.7 Å². The van der Waals surface area contributed by atoms with Gasteiger partial charge in [0.2, 0.25) is 5.91 Å². The molecular formula is C15H23N3O2S. The number of nitrogens with zero attached hydrogens (tertiary/aromatic N) is 2. The smallest absolute Gasteiger partial charge is 0.226 e. The molecule has 1 aromatic heterocycles. The van der Waals surface area contributed by atoms with E-state index in [0.29, 0.717) is 23.5 Å². The second-order valence-electron chi connectivity index (χ2n) is 6.12. The number of hydrogen-bond acceptors (Lipinski definition) is 5. The van der Waals surface area contributed by atoms with Gasteiger partial charge >= 0.3 is 0 Å². The Morgan fingerprint density at radius 3 is 2.76 bits per heavy atom. The highest BCUT2D eigenvalue weighted by atomic mass is 32.1. The van der Waals surface area contributed by atoms with Crippen LogP contribution in [-0.4, -0.2) is 42.2 Å². The van der Waals surface area contributed by atoms with Gasteiger partial charge in [0.15, 0.2) is 0 Å². The van der Waals surface area contributed by atoms with Crippen molar-refractivity contribution in [3.63, 3.8) is 0 Å². The number of likely N-dealkylation sites (N-methyl/N-ethyl adjacent to an activating group) is 1. The van der Waals surface area contributed by atoms with Gasteiger partial charge in [0.05, 0.1) is 12.2 Å². The fourth-order valence-electron chi connectivity index (χ4n) is 2.19. The number of nitrogens with one attached hydrogen (secondary N) is 1. The van der Waals surface area contributed by atoms with Crippen molar-refractivity contribution < 1.29 is 9.90 Å². The summed E-state index contributed by atoms with van der Waals surface area (Å²) in [6.07, 6.45) is 0.325. The van der Waals surface area contributed by atoms with Gasteiger partial charge in [-0.3, -0.25) is 4.79 Å². The van der Waals surface area contributed by atoms with Gasteiger partial charge in [0.25, 0.3) is 0 Å². The zero-order chi connectivity index (χ0) is 16.0. The summed E-state index contributed by atoms with van der Waals surface area (Å²) in [6, 6.07) is 3.74. The van der Waals surface area contributed by atoms with E-state index in [1.165, 1.54) is 11.3 Å². The first-order chi connectivity index (χ1) is 9.79. The average molecular weight is 309 g/mol. The summed E-state index contributed by atoms with van der Waals surface area (Å²) in [5, 5.41) is 23.5. The van der Waals surface area contributed by atoms with Crippen molar-refractivity contribution in [2.45, 2.75) is 33.2 Å². The normalized spacial score (nSPS) is 13.0. The molecule has 21 heavy (non-hydrogen) atoms. The number of nitriles is 1. The van der Waals surface area contributed by atoms with E-state index in [0.717, 1.165) is 0 Å². The lowest BCUT2D eigenvalue weighted by Crippen LogP contribution is -2.45. The van der Waals surface area contributed by atoms with Crippen LogP contribution in [0.4, 0.5) is 5.00 Å². The van der Waals surface area contributed by atoms with Crippen molar-refractivity contribution in [1.29, 1.82) is 5.26 Å². The molecular weight excluding hydrogens is 286 g/mol. The Morgan fingerprint density at radius 2 is 2.24 bits per heavy atom. The molecule has 1 aromatic rings. The van der Waals surface area contributed by atoms with Crippen LogP contribution in [-0.2, 0) is 4.79 Å². The van der Waals surface area contributed by atoms with Gasteiger partial charge in [0.1, 0.15) is 11.1 Å². The van der Waals surface area contributed by atoms with E-state index in [2.05, 4.69) is 26.1 Å². The second-order valence-corrected chi connectivity index (χ2v) is 7.03. The Hall–Kier alpha value is -1.42. The van der Waals surface area contributed by atoms with E-state index in [9.17, 15) is 9.90 Å². The van der Waals surface area contributed by atoms with Crippen LogP contribution >= 0.6 is 11.3 Å². The summed E-state index contributed by atoms with van der Waals surface area (Å²) < 4.78 is 0. The number of amides is 1. The topological polar surface area (TPSA) is 76.4 Å². The molecule has 1 unspecified atom stereocenters. The van der Waals surface area contributed by atoms with Crippen molar-refractivity contribution in [3.05, 3.63) is 17.0 Å². The molecule has 1 amide bonds. The summed E-state index contributed by atoms with van der Waals surface area (Å²) in [6.45, 7) is 6.81. The van der Waals surface area contributed by atoms with Gasteiger partial charge in [-0.25, -0.2) is 0 Å². The van der Waals surface area contributed by atoms with E-state index in [1.54, 1.807) is 11.4 Å². The number of aliphatic hydroxyl groups excluding tert-OH is 1. The van der Waals surface area contributed by atoms with Gasteiger partial charge in [0, 0.05) is 19.0 Å². The molecule has 0 saturated carbocycles. The fraction of sp³-hybridized carbons (Fsp3) is 0.600. The number of carbonyl (C=O) groups excluding carboxylic acids is 1. The number of anilines is 1. The van der Waals surface area contributed by atoms with Gasteiger partial charge in [-0.15, -0.1) is 11.3 Å². The maximum Gasteiger partial charge on any atom is 0.226 e. The molecule has 2 N–H and O–H groups in total. The Kier molecular flexibility index (Phi) is 6.34. The van der Waals surface area contributed by atoms with Crippen LogP contribution in [0.2, 0.25) is 0 Å². The lowest BCUT2D eigenvalue weighted by atomic mass is 9.86. The number of rotatable bonds is 6. The number of thiophene rings is 1. The third-order valence-electron chi connectivity index (χ3n) is 3.43. The standard InChI is InChI=1S/C15H23N3O2S/c1-15(2,3)12(10-19)18(4)7-5-13(20)17-14-11(9-16)6-8-21-14/h6,8,12,19H,5,7,10H2,1-4H3,(H,17,20). The lowest BCUT2D eigenvalue weighted by Gasteiger charge is -2.36. The molecule has 0 fully saturated rings. The molecule has 0 aliphatic carbocycles. The van der Waals surface area contributed by atoms with Crippen molar-refractivity contribution >= 4 is 22.2 Å². The quantitative estimate of drug-likeness (QED) is 0.845. The predicted octanol–water partition coefficient (Wildman–Crippen LogP) is 2.29. The minimum Gasteiger partial charge on any atom is -0.395 e. The summed E-state index contributed by atoms with van der Waals surface area (Å²) in [5.41, 5.74) is 0.437. The monoisotopic (exact) mass is 309 g/mol. The Labute approximate surface area is 130 Å². The van der Waals surface area contributed by atoms with Gasteiger partial charge in [-0.2, -0.15) is 5.26 Å². The number of hydrogen-bond donors (Lipinski definition) is 2. The molecule has 6 heteroatoms. The van der Waals surface area contributed by atoms with Crippen LogP contribution in [0.5, 0.6) is 0 Å². The van der Waals surface area contributed by atoms with Gasteiger partial charge in [-0.1, -0.05) is 20.8 Å². The highest BCUT2D eigenvalue weighted by Gasteiger charge is 2.27. The molecule has 116 valence electrons. The van der Waals surface area contributed by atoms with Crippen molar-refractivity contribution in [3.8, 4) is 6.07 Å². The Bertz CT molecular complexity index is 514. The molecule has 5 nitrogen and oxygen atoms in total. The van der Waals surface area contributed by atoms with E-state index < -0.39 is 0 Å². The van der Waals surface area contributed by atoms with Crippen LogP contribution in [0.1, 0.15) is 32.8 Å². The van der Waals surface area contributed by atoms with Crippen LogP contribution in [0.3, 0.4) is 0 Å². The molecule has 0 saturated heterocycles. The maximum absolute atomic E-state index is 11.9. The highest BCUT2D eigenvalue weighted by Crippen LogP contribution is 2.24. The molecule has 0 bridgehead atoms. The Morgan fingerprint density at radius 1 is 1.57 bits per heavy atom. The largest absolute Gasteiger partial charge is 0.395 e. The minimum atomic E-state index is -0.119. The van der Waals surface area contributed by atoms with Gasteiger partial charge < -0.3 is 15.3 Å². The van der Waals surface area contributed by atoms with Crippen molar-refractivity contribution in [2.24, 2.45) is 5.41 Å². The molecule has 0 aliphatic rings. The summed E-state index contributed by atoms with van der Waals surface area (Å²) >= 11 is 1.34. The minimum absolute atomic E-state index is 0.00158. The van der Waals surface area contributed by atoms with E-state index in [4.69, 9.17) is 5.26 Å². The molecule has 0 aliphatic heterocycles. The predicted molar refractivity (Wildman–Crippen MR) is 85.2 cm³/mol. The third-order valence-corrected chi connectivity index (χ3v) is 4.26. The first kappa shape index (κ1) is 17.6. The second kappa shape index (κ2) is 7.55. The molecule has 1 rings (SSSR count). The van der Waals surface area contributed by atoms with E-state index >= 15 is 0 Å². The lowest BCUT2D eigenvalue weighted by molar-refractivity contribution is -0.116. The Balaban J connectivity index is 2.51. The van der Waals surface area contributed by atoms with Crippen molar-refractivity contribution in [2.75, 3.05) is 25.5 Å². The third kappa shape index (κ3) is 5.12. The SMILES string of the molecule is CN(CCC(=O)Nc1sccc1C#N)C(CO)C(C)(C)C. The summed E-state index contributed by atoms with van der Waals surface area (Å²) in [7, 11) is 1.91. The average Bonchev–Trinajstić information content (AvgIpc) is 2.82. The summed E-state index contributed by atoms with van der Waals surface area (Å²) in [5.74, 6) is -0.119. The number of carbonyl (C=O) groups is 1. The van der Waals surface area contributed by atoms with Crippen molar-refractivity contribution in [1.82, 2.24) is 4.90 Å². The molecule has 1 heterocycles. The van der Waals surface area contributed by atoms with Crippen LogP contribution < -0.4 is 5.32 Å². The van der Waals surface area contributed by atoms with Crippen LogP contribution in [0.15, 0.2) is 11.4 Å². The first-order valence-corrected chi connectivity index (χ1v) is 7.76. The molecule has 1 atom stereocenters. The fourth-order valence-corrected chi connectivity index (χ4v) is 2.94. The highest BCUT2D eigenvalue weighted by molar-refractivity contribution is 7.14. The van der Waals surface area contributed by atoms with Crippen LogP contribution in [0.25, 0.3) is 0 Å². The zero-order valence-corrected chi connectivity index (χ0v) is 13.8. The van der Waals surface area contributed by atoms with Gasteiger partial charge in [-0.05, 0) is 23.9 Å². The molecule has 0 radical (unpaired) electrons.